The predicted octanol–water partition coefficient (Wildman–Crippen LogP) is 2.75. The van der Waals surface area contributed by atoms with Crippen LogP contribution in [0.4, 0.5) is 0 Å². The molecule has 0 aliphatic heterocycles. The zero-order valence-corrected chi connectivity index (χ0v) is 15.0. The fraction of sp³-hybridized carbons (Fsp3) is 0.238. The van der Waals surface area contributed by atoms with Gasteiger partial charge in [-0.15, -0.1) is 0 Å². The van der Waals surface area contributed by atoms with Crippen molar-refractivity contribution in [1.29, 1.82) is 0 Å². The maximum absolute atomic E-state index is 12.2. The number of carbonyl (C=O) groups excluding carboxylic acids is 1. The van der Waals surface area contributed by atoms with E-state index in [1.54, 1.807) is 14.0 Å². The zero-order valence-electron chi connectivity index (χ0n) is 15.0. The first-order valence-corrected chi connectivity index (χ1v) is 8.57. The van der Waals surface area contributed by atoms with Gasteiger partial charge in [-0.3, -0.25) is 9.59 Å². The third-order valence-corrected chi connectivity index (χ3v) is 4.33. The van der Waals surface area contributed by atoms with Crippen molar-refractivity contribution in [2.24, 2.45) is 0 Å². The molecule has 0 spiro atoms. The molecule has 0 saturated heterocycles. The Kier molecular flexibility index (Phi) is 5.37. The van der Waals surface area contributed by atoms with Crippen LogP contribution in [-0.4, -0.2) is 24.5 Å². The van der Waals surface area contributed by atoms with E-state index in [1.165, 1.54) is 0 Å². The van der Waals surface area contributed by atoms with E-state index in [1.807, 2.05) is 48.5 Å². The van der Waals surface area contributed by atoms with E-state index in [0.717, 1.165) is 34.2 Å². The molecule has 0 bridgehead atoms. The van der Waals surface area contributed by atoms with Crippen LogP contribution >= 0.6 is 0 Å². The number of H-pyrrole nitrogens is 1. The van der Waals surface area contributed by atoms with Crippen LogP contribution in [0.1, 0.15) is 16.7 Å². The summed E-state index contributed by atoms with van der Waals surface area (Å²) in [5.74, 6) is 0.798. The SMILES string of the molecule is COc1cccc(CCNC(=O)Cc2ccc3[nH]c(=O)c(C)cc3c2)c1. The lowest BCUT2D eigenvalue weighted by molar-refractivity contribution is -0.120. The molecular weight excluding hydrogens is 328 g/mol. The average molecular weight is 350 g/mol. The van der Waals surface area contributed by atoms with E-state index >= 15 is 0 Å². The largest absolute Gasteiger partial charge is 0.497 e. The number of aromatic amines is 1. The summed E-state index contributed by atoms with van der Waals surface area (Å²) in [6, 6.07) is 15.3. The van der Waals surface area contributed by atoms with Gasteiger partial charge in [0.05, 0.1) is 13.5 Å². The summed E-state index contributed by atoms with van der Waals surface area (Å²) in [6.45, 7) is 2.35. The number of fused-ring (bicyclic) bond motifs is 1. The molecule has 0 aliphatic carbocycles. The van der Waals surface area contributed by atoms with E-state index in [0.29, 0.717) is 18.5 Å². The van der Waals surface area contributed by atoms with Crippen LogP contribution in [0.2, 0.25) is 0 Å². The number of amides is 1. The number of hydrogen-bond acceptors (Lipinski definition) is 3. The molecule has 0 radical (unpaired) electrons. The molecule has 0 saturated carbocycles. The molecule has 0 fully saturated rings. The second-order valence-corrected chi connectivity index (χ2v) is 6.33. The smallest absolute Gasteiger partial charge is 0.251 e. The van der Waals surface area contributed by atoms with E-state index in [-0.39, 0.29) is 11.5 Å². The van der Waals surface area contributed by atoms with Crippen molar-refractivity contribution < 1.29 is 9.53 Å². The fourth-order valence-corrected chi connectivity index (χ4v) is 2.90. The average Bonchev–Trinajstić information content (AvgIpc) is 2.63. The standard InChI is InChI=1S/C21H22N2O3/c1-14-10-17-11-16(6-7-19(17)23-21(14)25)13-20(24)22-9-8-15-4-3-5-18(12-15)26-2/h3-7,10-12H,8-9,13H2,1-2H3,(H,22,24)(H,23,25). The first-order valence-electron chi connectivity index (χ1n) is 8.57. The monoisotopic (exact) mass is 350 g/mol. The van der Waals surface area contributed by atoms with Crippen molar-refractivity contribution in [1.82, 2.24) is 10.3 Å². The van der Waals surface area contributed by atoms with Crippen molar-refractivity contribution in [2.75, 3.05) is 13.7 Å². The van der Waals surface area contributed by atoms with Crippen molar-refractivity contribution in [3.63, 3.8) is 0 Å². The van der Waals surface area contributed by atoms with Crippen molar-refractivity contribution >= 4 is 16.8 Å². The number of hydrogen-bond donors (Lipinski definition) is 2. The minimum absolute atomic E-state index is 0.0200. The molecule has 2 N–H and O–H groups in total. The molecule has 5 nitrogen and oxygen atoms in total. The highest BCUT2D eigenvalue weighted by atomic mass is 16.5. The summed E-state index contributed by atoms with van der Waals surface area (Å²) in [5, 5.41) is 3.88. The van der Waals surface area contributed by atoms with Gasteiger partial charge in [0.2, 0.25) is 5.91 Å². The molecule has 26 heavy (non-hydrogen) atoms. The molecule has 134 valence electrons. The maximum atomic E-state index is 12.2. The molecule has 3 rings (SSSR count). The van der Waals surface area contributed by atoms with Crippen LogP contribution in [0, 0.1) is 6.92 Å². The van der Waals surface area contributed by atoms with Crippen molar-refractivity contribution in [2.45, 2.75) is 19.8 Å². The van der Waals surface area contributed by atoms with Crippen LogP contribution in [0.5, 0.6) is 5.75 Å². The Labute approximate surface area is 152 Å². The number of benzene rings is 2. The molecular formula is C21H22N2O3. The summed E-state index contributed by atoms with van der Waals surface area (Å²) in [7, 11) is 1.64. The number of pyridine rings is 1. The molecule has 5 heteroatoms. The molecule has 1 aromatic heterocycles. The first-order chi connectivity index (χ1) is 12.5. The lowest BCUT2D eigenvalue weighted by Crippen LogP contribution is -2.27. The normalized spacial score (nSPS) is 10.7. The molecule has 0 aliphatic rings. The summed E-state index contributed by atoms with van der Waals surface area (Å²) in [5.41, 5.74) is 3.40. The van der Waals surface area contributed by atoms with Gasteiger partial charge in [-0.25, -0.2) is 0 Å². The summed E-state index contributed by atoms with van der Waals surface area (Å²) in [4.78, 5) is 26.7. The number of ether oxygens (including phenoxy) is 1. The Morgan fingerprint density at radius 3 is 2.77 bits per heavy atom. The number of aromatic nitrogens is 1. The minimum atomic E-state index is -0.0828. The van der Waals surface area contributed by atoms with E-state index in [9.17, 15) is 9.59 Å². The van der Waals surface area contributed by atoms with Gasteiger partial charge in [0.25, 0.3) is 5.56 Å². The van der Waals surface area contributed by atoms with E-state index in [4.69, 9.17) is 4.74 Å². The van der Waals surface area contributed by atoms with Crippen LogP contribution < -0.4 is 15.6 Å². The van der Waals surface area contributed by atoms with Gasteiger partial charge in [0, 0.05) is 17.6 Å². The predicted molar refractivity (Wildman–Crippen MR) is 103 cm³/mol. The lowest BCUT2D eigenvalue weighted by atomic mass is 10.1. The van der Waals surface area contributed by atoms with Gasteiger partial charge in [-0.1, -0.05) is 18.2 Å². The highest BCUT2D eigenvalue weighted by molar-refractivity contribution is 5.83. The second-order valence-electron chi connectivity index (χ2n) is 6.33. The highest BCUT2D eigenvalue weighted by Gasteiger charge is 2.06. The quantitative estimate of drug-likeness (QED) is 0.718. The number of rotatable bonds is 6. The maximum Gasteiger partial charge on any atom is 0.251 e. The number of carbonyl (C=O) groups is 1. The van der Waals surface area contributed by atoms with Crippen molar-refractivity contribution in [3.05, 3.63) is 75.6 Å². The van der Waals surface area contributed by atoms with E-state index < -0.39 is 0 Å². The number of nitrogens with one attached hydrogen (secondary N) is 2. The Morgan fingerprint density at radius 2 is 1.96 bits per heavy atom. The molecule has 3 aromatic rings. The topological polar surface area (TPSA) is 71.2 Å². The van der Waals surface area contributed by atoms with Gasteiger partial charge in [0.1, 0.15) is 5.75 Å². The van der Waals surface area contributed by atoms with Crippen LogP contribution in [-0.2, 0) is 17.6 Å². The Hall–Kier alpha value is -3.08. The van der Waals surface area contributed by atoms with Crippen LogP contribution in [0.15, 0.2) is 53.3 Å². The molecule has 0 unspecified atom stereocenters. The number of aryl methyl sites for hydroxylation is 1. The van der Waals surface area contributed by atoms with Gasteiger partial charge < -0.3 is 15.0 Å². The third kappa shape index (κ3) is 4.30. The minimum Gasteiger partial charge on any atom is -0.497 e. The van der Waals surface area contributed by atoms with Crippen molar-refractivity contribution in [3.8, 4) is 5.75 Å². The van der Waals surface area contributed by atoms with Gasteiger partial charge in [-0.2, -0.15) is 0 Å². The second kappa shape index (κ2) is 7.87. The summed E-state index contributed by atoms with van der Waals surface area (Å²) >= 11 is 0. The zero-order chi connectivity index (χ0) is 18.5. The molecule has 0 atom stereocenters. The van der Waals surface area contributed by atoms with E-state index in [2.05, 4.69) is 10.3 Å². The lowest BCUT2D eigenvalue weighted by Gasteiger charge is -2.08. The molecule has 2 aromatic carbocycles. The molecule has 1 heterocycles. The molecule has 1 amide bonds. The number of methoxy groups -OCH3 is 1. The Balaban J connectivity index is 1.58. The van der Waals surface area contributed by atoms with Gasteiger partial charge in [-0.05, 0) is 60.2 Å². The Bertz CT molecular complexity index is 992. The highest BCUT2D eigenvalue weighted by Crippen LogP contribution is 2.14. The summed E-state index contributed by atoms with van der Waals surface area (Å²) < 4.78 is 5.20. The van der Waals surface area contributed by atoms with Gasteiger partial charge >= 0.3 is 0 Å². The third-order valence-electron chi connectivity index (χ3n) is 4.33. The summed E-state index contributed by atoms with van der Waals surface area (Å²) in [6.07, 6.45) is 1.06. The fourth-order valence-electron chi connectivity index (χ4n) is 2.90. The first kappa shape index (κ1) is 17.7. The van der Waals surface area contributed by atoms with Gasteiger partial charge in [0.15, 0.2) is 0 Å². The Morgan fingerprint density at radius 1 is 1.12 bits per heavy atom. The van der Waals surface area contributed by atoms with Crippen LogP contribution in [0.3, 0.4) is 0 Å². The van der Waals surface area contributed by atoms with Crippen LogP contribution in [0.25, 0.3) is 10.9 Å².